The van der Waals surface area contributed by atoms with Crippen molar-refractivity contribution in [2.75, 3.05) is 13.1 Å². The average molecular weight is 575 g/mol. The van der Waals surface area contributed by atoms with Crippen LogP contribution in [0.2, 0.25) is 0 Å². The van der Waals surface area contributed by atoms with Crippen molar-refractivity contribution in [1.29, 1.82) is 0 Å². The van der Waals surface area contributed by atoms with Gasteiger partial charge in [-0.1, -0.05) is 54.6 Å². The van der Waals surface area contributed by atoms with Crippen LogP contribution in [0.5, 0.6) is 0 Å². The first kappa shape index (κ1) is 28.3. The molecule has 1 atom stereocenters. The van der Waals surface area contributed by atoms with Gasteiger partial charge in [-0.15, -0.1) is 24.0 Å². The number of hydrogen-bond acceptors (Lipinski definition) is 4. The average Bonchev–Trinajstić information content (AvgIpc) is 2.70. The van der Waals surface area contributed by atoms with Crippen molar-refractivity contribution >= 4 is 40.0 Å². The zero-order valence-corrected chi connectivity index (χ0v) is 22.3. The van der Waals surface area contributed by atoms with E-state index in [-0.39, 0.29) is 42.3 Å². The molecule has 0 aliphatic carbocycles. The molecule has 0 fully saturated rings. The largest absolute Gasteiger partial charge is 0.384 e. The number of guanidine groups is 1. The Morgan fingerprint density at radius 2 is 1.62 bits per heavy atom. The van der Waals surface area contributed by atoms with Gasteiger partial charge >= 0.3 is 0 Å². The van der Waals surface area contributed by atoms with Crippen LogP contribution in [0.3, 0.4) is 0 Å². The van der Waals surface area contributed by atoms with E-state index in [1.54, 1.807) is 20.8 Å². The van der Waals surface area contributed by atoms with Gasteiger partial charge in [-0.25, -0.2) is 18.1 Å². The quantitative estimate of drug-likeness (QED) is 0.199. The Labute approximate surface area is 209 Å². The summed E-state index contributed by atoms with van der Waals surface area (Å²) >= 11 is 0. The summed E-state index contributed by atoms with van der Waals surface area (Å²) in [7, 11) is -3.43. The summed E-state index contributed by atoms with van der Waals surface area (Å²) in [6.07, 6.45) is 0. The van der Waals surface area contributed by atoms with E-state index in [4.69, 9.17) is 0 Å². The third-order valence-corrected chi connectivity index (χ3v) is 6.15. The van der Waals surface area contributed by atoms with E-state index in [2.05, 4.69) is 20.3 Å². The summed E-state index contributed by atoms with van der Waals surface area (Å²) < 4.78 is 27.3. The molecular formula is C23H35IN4O3S. The van der Waals surface area contributed by atoms with Crippen LogP contribution in [0.4, 0.5) is 0 Å². The van der Waals surface area contributed by atoms with E-state index in [0.717, 1.165) is 11.1 Å². The maximum absolute atomic E-state index is 12.4. The second-order valence-corrected chi connectivity index (χ2v) is 9.74. The predicted molar refractivity (Wildman–Crippen MR) is 142 cm³/mol. The Bertz CT molecular complexity index is 964. The zero-order valence-electron chi connectivity index (χ0n) is 19.1. The summed E-state index contributed by atoms with van der Waals surface area (Å²) in [6.45, 7) is 8.56. The lowest BCUT2D eigenvalue weighted by Gasteiger charge is -2.25. The van der Waals surface area contributed by atoms with Crippen LogP contribution in [-0.4, -0.2) is 38.6 Å². The van der Waals surface area contributed by atoms with Crippen LogP contribution in [-0.2, 0) is 27.9 Å². The fourth-order valence-corrected chi connectivity index (χ4v) is 4.61. The lowest BCUT2D eigenvalue weighted by atomic mass is 9.96. The molecule has 32 heavy (non-hydrogen) atoms. The molecule has 0 bridgehead atoms. The van der Waals surface area contributed by atoms with Crippen molar-refractivity contribution < 1.29 is 13.5 Å². The molecule has 1 unspecified atom stereocenters. The van der Waals surface area contributed by atoms with Gasteiger partial charge in [0.15, 0.2) is 5.96 Å². The first-order valence-electron chi connectivity index (χ1n) is 10.5. The van der Waals surface area contributed by atoms with E-state index in [1.807, 2.05) is 61.5 Å². The van der Waals surface area contributed by atoms with Gasteiger partial charge in [0.05, 0.1) is 18.8 Å². The minimum absolute atomic E-state index is 0. The van der Waals surface area contributed by atoms with Crippen molar-refractivity contribution in [3.63, 3.8) is 0 Å². The number of sulfonamides is 1. The standard InChI is InChI=1S/C23H34N4O3S.HI/c1-5-24-22(26-17-23(4,28)21-13-7-6-8-14-21)25-15-19-11-9-10-12-20(19)16-31(29,30)27-18(2)3;/h6-14,18,27-28H,5,15-17H2,1-4H3,(H2,24,25,26);1H. The smallest absolute Gasteiger partial charge is 0.216 e. The number of aliphatic imine (C=N–C) groups is 1. The Hall–Kier alpha value is -1.69. The minimum atomic E-state index is -3.43. The molecule has 0 spiro atoms. The molecule has 2 rings (SSSR count). The van der Waals surface area contributed by atoms with Crippen LogP contribution in [0, 0.1) is 0 Å². The molecule has 4 N–H and O–H groups in total. The Morgan fingerprint density at radius 1 is 1.03 bits per heavy atom. The van der Waals surface area contributed by atoms with E-state index in [1.165, 1.54) is 0 Å². The van der Waals surface area contributed by atoms with Crippen LogP contribution in [0.25, 0.3) is 0 Å². The highest BCUT2D eigenvalue weighted by atomic mass is 127. The van der Waals surface area contributed by atoms with Crippen molar-refractivity contribution in [3.8, 4) is 0 Å². The lowest BCUT2D eigenvalue weighted by Crippen LogP contribution is -2.44. The fraction of sp³-hybridized carbons (Fsp3) is 0.435. The zero-order chi connectivity index (χ0) is 22.9. The monoisotopic (exact) mass is 574 g/mol. The molecule has 0 aromatic heterocycles. The Morgan fingerprint density at radius 3 is 2.22 bits per heavy atom. The highest BCUT2D eigenvalue weighted by Crippen LogP contribution is 2.19. The molecule has 0 amide bonds. The summed E-state index contributed by atoms with van der Waals surface area (Å²) in [6, 6.07) is 16.7. The first-order valence-corrected chi connectivity index (χ1v) is 12.1. The van der Waals surface area contributed by atoms with Gasteiger partial charge in [0.1, 0.15) is 5.60 Å². The predicted octanol–water partition coefficient (Wildman–Crippen LogP) is 3.10. The molecule has 0 heterocycles. The van der Waals surface area contributed by atoms with Gasteiger partial charge in [0.2, 0.25) is 10.0 Å². The Balaban J connectivity index is 0.00000512. The van der Waals surface area contributed by atoms with E-state index in [0.29, 0.717) is 24.6 Å². The van der Waals surface area contributed by atoms with E-state index in [9.17, 15) is 13.5 Å². The first-order chi connectivity index (χ1) is 14.6. The second-order valence-electron chi connectivity index (χ2n) is 7.99. The lowest BCUT2D eigenvalue weighted by molar-refractivity contribution is 0.0617. The summed E-state index contributed by atoms with van der Waals surface area (Å²) in [5.74, 6) is 0.459. The number of hydrogen-bond donors (Lipinski definition) is 4. The van der Waals surface area contributed by atoms with Crippen LogP contribution < -0.4 is 15.4 Å². The highest BCUT2D eigenvalue weighted by molar-refractivity contribution is 14.0. The molecule has 178 valence electrons. The molecule has 0 saturated heterocycles. The maximum Gasteiger partial charge on any atom is 0.216 e. The molecule has 2 aromatic rings. The van der Waals surface area contributed by atoms with Crippen LogP contribution >= 0.6 is 24.0 Å². The fourth-order valence-electron chi connectivity index (χ4n) is 3.12. The number of halogens is 1. The van der Waals surface area contributed by atoms with Crippen LogP contribution in [0.1, 0.15) is 44.4 Å². The van der Waals surface area contributed by atoms with Gasteiger partial charge < -0.3 is 15.7 Å². The normalized spacial score (nSPS) is 13.9. The van der Waals surface area contributed by atoms with Crippen molar-refractivity contribution in [2.24, 2.45) is 4.99 Å². The topological polar surface area (TPSA) is 103 Å². The van der Waals surface area contributed by atoms with Crippen molar-refractivity contribution in [2.45, 2.75) is 51.6 Å². The number of nitrogens with zero attached hydrogens (tertiary/aromatic N) is 1. The van der Waals surface area contributed by atoms with E-state index >= 15 is 0 Å². The highest BCUT2D eigenvalue weighted by Gasteiger charge is 2.23. The molecule has 0 aliphatic heterocycles. The molecule has 7 nitrogen and oxygen atoms in total. The van der Waals surface area contributed by atoms with Crippen molar-refractivity contribution in [1.82, 2.24) is 15.4 Å². The van der Waals surface area contributed by atoms with Crippen molar-refractivity contribution in [3.05, 3.63) is 71.3 Å². The SMILES string of the molecule is CCNC(=NCc1ccccc1CS(=O)(=O)NC(C)C)NCC(C)(O)c1ccccc1.I. The van der Waals surface area contributed by atoms with Crippen LogP contribution in [0.15, 0.2) is 59.6 Å². The number of rotatable bonds is 10. The molecular weight excluding hydrogens is 539 g/mol. The third kappa shape index (κ3) is 9.43. The molecule has 0 radical (unpaired) electrons. The molecule has 9 heteroatoms. The van der Waals surface area contributed by atoms with Gasteiger partial charge in [-0.3, -0.25) is 0 Å². The van der Waals surface area contributed by atoms with Gasteiger partial charge in [0.25, 0.3) is 0 Å². The third-order valence-electron chi connectivity index (χ3n) is 4.63. The second kappa shape index (κ2) is 13.1. The maximum atomic E-state index is 12.4. The van der Waals surface area contributed by atoms with Gasteiger partial charge in [-0.05, 0) is 44.4 Å². The summed E-state index contributed by atoms with van der Waals surface area (Å²) in [4.78, 5) is 4.60. The Kier molecular flexibility index (Phi) is 11.6. The molecule has 2 aromatic carbocycles. The van der Waals surface area contributed by atoms with Gasteiger partial charge in [-0.2, -0.15) is 0 Å². The number of benzene rings is 2. The molecule has 0 aliphatic rings. The summed E-state index contributed by atoms with van der Waals surface area (Å²) in [5.41, 5.74) is 1.30. The number of aliphatic hydroxyl groups is 1. The minimum Gasteiger partial charge on any atom is -0.384 e. The number of nitrogens with one attached hydrogen (secondary N) is 3. The van der Waals surface area contributed by atoms with Gasteiger partial charge in [0, 0.05) is 12.6 Å². The van der Waals surface area contributed by atoms with E-state index < -0.39 is 15.6 Å². The summed E-state index contributed by atoms with van der Waals surface area (Å²) in [5, 5.41) is 17.2. The molecule has 0 saturated carbocycles.